The molecule has 3 rings (SSSR count). The van der Waals surface area contributed by atoms with Crippen LogP contribution >= 0.6 is 0 Å². The average molecular weight is 615 g/mol. The molecule has 4 heteroatoms. The molecule has 0 aliphatic rings. The number of Topliss-reactive ketones (excluding diaryl/α,β-unsaturated/α-hetero) is 1. The van der Waals surface area contributed by atoms with Gasteiger partial charge in [-0.2, -0.15) is 0 Å². The minimum atomic E-state index is -0.772. The number of hydrogen-bond donors (Lipinski definition) is 0. The molecule has 246 valence electrons. The molecule has 4 nitrogen and oxygen atoms in total. The van der Waals surface area contributed by atoms with Crippen molar-refractivity contribution in [1.82, 2.24) is 0 Å². The van der Waals surface area contributed by atoms with Gasteiger partial charge in [0.1, 0.15) is 17.5 Å². The molecule has 0 spiro atoms. The maximum absolute atomic E-state index is 12.2. The minimum absolute atomic E-state index is 0.195. The largest absolute Gasteiger partial charge is 0.379 e. The molecule has 0 fully saturated rings. The summed E-state index contributed by atoms with van der Waals surface area (Å²) in [6.07, 6.45) is 17.1. The molecule has 0 saturated carbocycles. The van der Waals surface area contributed by atoms with Crippen molar-refractivity contribution in [3.63, 3.8) is 0 Å². The number of carbonyl (C=O) groups is 1. The van der Waals surface area contributed by atoms with Gasteiger partial charge in [-0.05, 0) is 36.0 Å². The molecule has 0 aromatic heterocycles. The molecule has 0 N–H and O–H groups in total. The van der Waals surface area contributed by atoms with Crippen LogP contribution < -0.4 is 0 Å². The predicted octanol–water partition coefficient (Wildman–Crippen LogP) is 10.5. The van der Waals surface area contributed by atoms with Crippen molar-refractivity contribution in [2.24, 2.45) is 0 Å². The van der Waals surface area contributed by atoms with E-state index in [2.05, 4.69) is 79.7 Å². The Labute approximate surface area is 273 Å². The molecule has 0 amide bonds. The highest BCUT2D eigenvalue weighted by atomic mass is 16.6. The Kier molecular flexibility index (Phi) is 18.5. The van der Waals surface area contributed by atoms with Crippen molar-refractivity contribution < 1.29 is 19.0 Å². The monoisotopic (exact) mass is 614 g/mol. The zero-order valence-corrected chi connectivity index (χ0v) is 28.1. The highest BCUT2D eigenvalue weighted by molar-refractivity contribution is 5.78. The van der Waals surface area contributed by atoms with Crippen LogP contribution in [0, 0.1) is 0 Å². The molecule has 0 bridgehead atoms. The molecule has 0 saturated heterocycles. The van der Waals surface area contributed by atoms with Crippen molar-refractivity contribution in [2.75, 3.05) is 26.9 Å². The van der Waals surface area contributed by atoms with Crippen LogP contribution in [-0.2, 0) is 24.6 Å². The molecule has 0 radical (unpaired) electrons. The van der Waals surface area contributed by atoms with Gasteiger partial charge in [0, 0.05) is 26.6 Å². The first-order valence-electron chi connectivity index (χ1n) is 17.6. The van der Waals surface area contributed by atoms with Gasteiger partial charge in [-0.3, -0.25) is 4.79 Å². The van der Waals surface area contributed by atoms with Gasteiger partial charge in [-0.15, -0.1) is 0 Å². The summed E-state index contributed by atoms with van der Waals surface area (Å²) in [5.74, 6) is 0.440. The van der Waals surface area contributed by atoms with Crippen molar-refractivity contribution in [1.29, 1.82) is 0 Å². The van der Waals surface area contributed by atoms with Crippen LogP contribution in [0.25, 0.3) is 0 Å². The van der Waals surface area contributed by atoms with E-state index in [1.54, 1.807) is 7.11 Å². The molecule has 0 heterocycles. The maximum Gasteiger partial charge on any atom is 0.143 e. The number of carbonyl (C=O) groups excluding carboxylic acids is 1. The fourth-order valence-electron chi connectivity index (χ4n) is 6.02. The van der Waals surface area contributed by atoms with Crippen LogP contribution in [0.5, 0.6) is 0 Å². The number of methoxy groups -OCH3 is 1. The van der Waals surface area contributed by atoms with Gasteiger partial charge in [-0.1, -0.05) is 162 Å². The van der Waals surface area contributed by atoms with E-state index in [0.717, 1.165) is 61.6 Å². The van der Waals surface area contributed by atoms with Crippen LogP contribution in [-0.4, -0.2) is 38.8 Å². The van der Waals surface area contributed by atoms with E-state index in [1.165, 1.54) is 51.4 Å². The first-order chi connectivity index (χ1) is 22.2. The van der Waals surface area contributed by atoms with Crippen molar-refractivity contribution >= 4 is 5.78 Å². The summed E-state index contributed by atoms with van der Waals surface area (Å²) in [6, 6.07) is 31.2. The molecule has 0 aliphatic heterocycles. The third kappa shape index (κ3) is 13.2. The zero-order valence-electron chi connectivity index (χ0n) is 28.1. The van der Waals surface area contributed by atoms with Gasteiger partial charge in [0.15, 0.2) is 0 Å². The van der Waals surface area contributed by atoms with E-state index >= 15 is 0 Å². The van der Waals surface area contributed by atoms with Gasteiger partial charge in [0.05, 0.1) is 13.2 Å². The second kappa shape index (κ2) is 22.7. The van der Waals surface area contributed by atoms with Gasteiger partial charge in [0.25, 0.3) is 0 Å². The summed E-state index contributed by atoms with van der Waals surface area (Å²) < 4.78 is 18.7. The van der Waals surface area contributed by atoms with E-state index in [-0.39, 0.29) is 6.10 Å². The summed E-state index contributed by atoms with van der Waals surface area (Å²) in [5, 5.41) is 0. The standard InChI is InChI=1S/C41H58O4/c1-3-4-5-6-7-8-9-10-22-31-39(42)32-23-11-12-24-33-44-34-40(43-2)35-45-41(36-25-16-13-17-26-36,37-27-18-14-19-28-37)38-29-20-15-21-30-38/h13-21,25-30,40H,3-12,22-24,31-35H2,1-2H3/t40-/m1/s1. The number of ether oxygens (including phenoxy) is 3. The lowest BCUT2D eigenvalue weighted by atomic mass is 9.80. The highest BCUT2D eigenvalue weighted by Gasteiger charge is 2.38. The molecule has 0 aliphatic carbocycles. The lowest BCUT2D eigenvalue weighted by Gasteiger charge is -2.37. The lowest BCUT2D eigenvalue weighted by molar-refractivity contribution is -0.119. The number of rotatable bonds is 26. The number of benzene rings is 3. The first-order valence-corrected chi connectivity index (χ1v) is 17.6. The summed E-state index contributed by atoms with van der Waals surface area (Å²) >= 11 is 0. The molecular weight excluding hydrogens is 556 g/mol. The molecular formula is C41H58O4. The maximum atomic E-state index is 12.2. The molecule has 45 heavy (non-hydrogen) atoms. The fraction of sp³-hybridized carbons (Fsp3) is 0.537. The highest BCUT2D eigenvalue weighted by Crippen LogP contribution is 2.40. The van der Waals surface area contributed by atoms with Gasteiger partial charge in [-0.25, -0.2) is 0 Å². The van der Waals surface area contributed by atoms with E-state index in [0.29, 0.717) is 25.6 Å². The van der Waals surface area contributed by atoms with Crippen LogP contribution in [0.2, 0.25) is 0 Å². The second-order valence-corrected chi connectivity index (χ2v) is 12.3. The molecule has 3 aromatic rings. The molecule has 3 aromatic carbocycles. The third-order valence-corrected chi connectivity index (χ3v) is 8.72. The molecule has 1 atom stereocenters. The topological polar surface area (TPSA) is 44.8 Å². The smallest absolute Gasteiger partial charge is 0.143 e. The Morgan fingerprint density at radius 2 is 1.00 bits per heavy atom. The Bertz CT molecular complexity index is 1040. The van der Waals surface area contributed by atoms with E-state index in [1.807, 2.05) is 18.2 Å². The predicted molar refractivity (Wildman–Crippen MR) is 187 cm³/mol. The lowest BCUT2D eigenvalue weighted by Crippen LogP contribution is -2.37. The van der Waals surface area contributed by atoms with Crippen LogP contribution in [0.15, 0.2) is 91.0 Å². The van der Waals surface area contributed by atoms with Gasteiger partial charge < -0.3 is 14.2 Å². The van der Waals surface area contributed by atoms with E-state index in [4.69, 9.17) is 14.2 Å². The van der Waals surface area contributed by atoms with Crippen LogP contribution in [0.3, 0.4) is 0 Å². The summed E-state index contributed by atoms with van der Waals surface area (Å²) in [7, 11) is 1.72. The first kappa shape index (κ1) is 36.7. The minimum Gasteiger partial charge on any atom is -0.379 e. The fourth-order valence-corrected chi connectivity index (χ4v) is 6.02. The van der Waals surface area contributed by atoms with Gasteiger partial charge in [0.2, 0.25) is 0 Å². The van der Waals surface area contributed by atoms with Crippen LogP contribution in [0.1, 0.15) is 120 Å². The Morgan fingerprint density at radius 1 is 0.578 bits per heavy atom. The van der Waals surface area contributed by atoms with Crippen molar-refractivity contribution in [2.45, 2.75) is 115 Å². The van der Waals surface area contributed by atoms with Crippen LogP contribution in [0.4, 0.5) is 0 Å². The van der Waals surface area contributed by atoms with Crippen molar-refractivity contribution in [3.8, 4) is 0 Å². The number of unbranched alkanes of at least 4 members (excludes halogenated alkanes) is 11. The summed E-state index contributed by atoms with van der Waals surface area (Å²) in [5.41, 5.74) is 2.45. The molecule has 0 unspecified atom stereocenters. The second-order valence-electron chi connectivity index (χ2n) is 12.3. The third-order valence-electron chi connectivity index (χ3n) is 8.72. The summed E-state index contributed by atoms with van der Waals surface area (Å²) in [6.45, 7) is 3.81. The Hall–Kier alpha value is -2.79. The zero-order chi connectivity index (χ0) is 31.8. The van der Waals surface area contributed by atoms with Crippen molar-refractivity contribution in [3.05, 3.63) is 108 Å². The number of ketones is 1. The normalized spacial score (nSPS) is 12.3. The SMILES string of the molecule is CCCCCCCCCCCC(=O)CCCCCCOC[C@H](COC(c1ccccc1)(c1ccccc1)c1ccccc1)OC. The van der Waals surface area contributed by atoms with E-state index < -0.39 is 5.60 Å². The Balaban J connectivity index is 1.36. The Morgan fingerprint density at radius 3 is 1.44 bits per heavy atom. The average Bonchev–Trinajstić information content (AvgIpc) is 3.09. The summed E-state index contributed by atoms with van der Waals surface area (Å²) in [4.78, 5) is 12.2. The van der Waals surface area contributed by atoms with E-state index in [9.17, 15) is 4.79 Å². The quantitative estimate of drug-likeness (QED) is 0.0667. The van der Waals surface area contributed by atoms with Gasteiger partial charge >= 0.3 is 0 Å². The number of hydrogen-bond acceptors (Lipinski definition) is 4.